The van der Waals surface area contributed by atoms with E-state index in [1.807, 2.05) is 0 Å². The first-order chi connectivity index (χ1) is 25.9. The largest absolute Gasteiger partial charge is 2.00 e. The minimum absolute atomic E-state index is 0. The van der Waals surface area contributed by atoms with E-state index >= 15 is 52.7 Å². The molecule has 0 unspecified atom stereocenters. The van der Waals surface area contributed by atoms with E-state index in [0.717, 1.165) is 0 Å². The van der Waals surface area contributed by atoms with Gasteiger partial charge in [-0.1, -0.05) is 0 Å². The molecule has 0 aliphatic carbocycles. The van der Waals surface area contributed by atoms with Gasteiger partial charge < -0.3 is 24.8 Å². The molecule has 5 aromatic rings. The van der Waals surface area contributed by atoms with Crippen LogP contribution in [0, 0.1) is 140 Å². The van der Waals surface area contributed by atoms with Crippen LogP contribution in [0.1, 0.15) is 0 Å². The Morgan fingerprint density at radius 2 is 0.237 bits per heavy atom. The number of halogens is 26. The maximum Gasteiger partial charge on any atom is 2.00 e. The zero-order chi connectivity index (χ0) is 42.5. The van der Waals surface area contributed by atoms with Gasteiger partial charge in [-0.05, 0) is 0 Å². The summed E-state index contributed by atoms with van der Waals surface area (Å²) in [5.74, 6) is -82.8. The molecule has 0 aliphatic rings. The fraction of sp³-hybridized carbons (Fsp3) is 0. The zero-order valence-corrected chi connectivity index (χ0v) is 30.9. The van der Waals surface area contributed by atoms with Gasteiger partial charge in [-0.2, -0.15) is 0 Å². The van der Waals surface area contributed by atoms with Crippen molar-refractivity contribution in [2.75, 3.05) is 0 Å². The van der Waals surface area contributed by atoms with Gasteiger partial charge in [-0.25, -0.2) is 105 Å². The van der Waals surface area contributed by atoms with E-state index in [0.29, 0.717) is 0 Å². The van der Waals surface area contributed by atoms with Crippen molar-refractivity contribution in [2.45, 2.75) is 0 Å². The summed E-state index contributed by atoms with van der Waals surface area (Å²) >= 11 is 0. The average Bonchev–Trinajstić information content (AvgIpc) is 3.17. The third-order valence-corrected chi connectivity index (χ3v) is 12.6. The van der Waals surface area contributed by atoms with Gasteiger partial charge >= 0.3 is 20.4 Å². The average molecular weight is 1060 g/mol. The fourth-order valence-electron chi connectivity index (χ4n) is 4.85. The third kappa shape index (κ3) is 7.62. The molecule has 322 valence electrons. The Kier molecular flexibility index (Phi) is 16.0. The monoisotopic (exact) mass is 1050 g/mol. The molecule has 5 rings (SSSR count). The van der Waals surface area contributed by atoms with Crippen molar-refractivity contribution in [3.8, 4) is 0 Å². The molecule has 0 amide bonds. The summed E-state index contributed by atoms with van der Waals surface area (Å²) in [6, 6.07) is 0. The first-order valence-electron chi connectivity index (χ1n) is 13.4. The van der Waals surface area contributed by atoms with E-state index in [-0.39, 0.29) is 45.2 Å². The maximum atomic E-state index is 16.1. The molecule has 5 aromatic carbocycles. The Morgan fingerprint density at radius 1 is 0.153 bits per heavy atom. The quantitative estimate of drug-likeness (QED) is 0.0809. The van der Waals surface area contributed by atoms with Crippen molar-refractivity contribution in [2.24, 2.45) is 0 Å². The van der Waals surface area contributed by atoms with E-state index in [1.165, 1.54) is 0 Å². The van der Waals surface area contributed by atoms with E-state index in [4.69, 9.17) is 0 Å². The topological polar surface area (TPSA) is 0 Å². The van der Waals surface area contributed by atoms with Crippen LogP contribution in [0.25, 0.3) is 0 Å². The molecule has 0 N–H and O–H groups in total. The van der Waals surface area contributed by atoms with Crippen LogP contribution in [-0.2, 0) is 20.4 Å². The molecule has 0 saturated carbocycles. The van der Waals surface area contributed by atoms with Gasteiger partial charge in [0.15, 0.2) is 116 Å². The molecule has 0 nitrogen and oxygen atoms in total. The smallest absolute Gasteiger partial charge is 1.00 e. The van der Waals surface area contributed by atoms with Gasteiger partial charge in [0, 0.05) is 26.5 Å². The Labute approximate surface area is 337 Å². The Balaban J connectivity index is 0.00000400. The van der Waals surface area contributed by atoms with Gasteiger partial charge in [-0.3, -0.25) is 0 Å². The molecule has 0 radical (unpaired) electrons. The summed E-state index contributed by atoms with van der Waals surface area (Å²) in [6.45, 7) is 0. The van der Waals surface area contributed by atoms with Crippen LogP contribution in [0.2, 0.25) is 0 Å². The normalized spacial score (nSPS) is 11.3. The van der Waals surface area contributed by atoms with Gasteiger partial charge in [0.05, 0.1) is 21.2 Å². The van der Waals surface area contributed by atoms with Gasteiger partial charge in [0.2, 0.25) is 23.3 Å². The standard InChI is InChI=1S/C30F24P2.2ClH.Pd/c31-1-5(35)15(45)25(16(46)6(1)36)55(26-17(47)7(37)2(32)8(38)18(26)48)29-23(53)13(43)14(44)24(54)30(29)56(27-19(49)9(39)3(33)10(40)20(27)50)28-21(51)11(41)4(34)12(42)22(28)52;;;/h;2*1H;/q;;;+2/p-2. The van der Waals surface area contributed by atoms with Crippen LogP contribution in [0.15, 0.2) is 0 Å². The first-order valence-corrected chi connectivity index (χ1v) is 16.1. The van der Waals surface area contributed by atoms with E-state index < -0.39 is 187 Å². The number of rotatable bonds is 6. The summed E-state index contributed by atoms with van der Waals surface area (Å²) < 4.78 is 358. The van der Waals surface area contributed by atoms with Crippen LogP contribution in [0.5, 0.6) is 0 Å². The summed E-state index contributed by atoms with van der Waals surface area (Å²) in [5.41, 5.74) is 0. The number of benzene rings is 5. The van der Waals surface area contributed by atoms with Crippen LogP contribution in [0.4, 0.5) is 105 Å². The van der Waals surface area contributed by atoms with Crippen molar-refractivity contribution < 1.29 is 151 Å². The molecule has 0 heterocycles. The predicted octanol–water partition coefficient (Wildman–Crippen LogP) is 2.55. The molecule has 59 heavy (non-hydrogen) atoms. The van der Waals surface area contributed by atoms with Crippen molar-refractivity contribution in [1.29, 1.82) is 0 Å². The van der Waals surface area contributed by atoms with Crippen molar-refractivity contribution in [3.63, 3.8) is 0 Å². The van der Waals surface area contributed by atoms with Gasteiger partial charge in [0.1, 0.15) is 0 Å². The Morgan fingerprint density at radius 3 is 0.356 bits per heavy atom. The van der Waals surface area contributed by atoms with Crippen molar-refractivity contribution >= 4 is 47.7 Å². The van der Waals surface area contributed by atoms with Crippen molar-refractivity contribution in [3.05, 3.63) is 140 Å². The molecule has 0 aromatic heterocycles. The summed E-state index contributed by atoms with van der Waals surface area (Å²) in [4.78, 5) is 0. The number of hydrogen-bond donors (Lipinski definition) is 0. The third-order valence-electron chi connectivity index (χ3n) is 7.31. The first kappa shape index (κ1) is 51.7. The molecule has 0 bridgehead atoms. The fourth-order valence-corrected chi connectivity index (χ4v) is 10.4. The zero-order valence-electron chi connectivity index (χ0n) is 26.0. The SMILES string of the molecule is Fc1c(F)c(F)c(P(c2c(F)c(F)c(F)c(F)c2F)c2c(F)c(F)c(F)c(F)c2P(c2c(F)c(F)c(F)c(F)c2F)c2c(F)c(F)c(F)c(F)c2F)c(F)c1F.[Cl-].[Cl-].[Pd+2]. The molecule has 29 heteroatoms. The maximum absolute atomic E-state index is 16.1. The second-order valence-electron chi connectivity index (χ2n) is 10.3. The minimum Gasteiger partial charge on any atom is -1.00 e. The van der Waals surface area contributed by atoms with Gasteiger partial charge in [0.25, 0.3) is 0 Å². The molecular weight excluding hydrogens is 1060 g/mol. The second-order valence-corrected chi connectivity index (χ2v) is 14.3. The van der Waals surface area contributed by atoms with Crippen LogP contribution in [0.3, 0.4) is 0 Å². The van der Waals surface area contributed by atoms with E-state index in [1.54, 1.807) is 0 Å². The molecule has 0 spiro atoms. The number of hydrogen-bond acceptors (Lipinski definition) is 0. The predicted molar refractivity (Wildman–Crippen MR) is 143 cm³/mol. The molecule has 0 atom stereocenters. The molecule has 0 saturated heterocycles. The molecule has 0 fully saturated rings. The Hall–Kier alpha value is -3.48. The summed E-state index contributed by atoms with van der Waals surface area (Å²) in [7, 11) is -11.6. The van der Waals surface area contributed by atoms with Gasteiger partial charge in [-0.15, -0.1) is 0 Å². The molecule has 0 aliphatic heterocycles. The summed E-state index contributed by atoms with van der Waals surface area (Å²) in [5, 5.41) is -19.2. The Bertz CT molecular complexity index is 2140. The molecular formula is C30Cl2F24P2Pd. The van der Waals surface area contributed by atoms with E-state index in [2.05, 4.69) is 0 Å². The summed E-state index contributed by atoms with van der Waals surface area (Å²) in [6.07, 6.45) is 0. The van der Waals surface area contributed by atoms with Crippen molar-refractivity contribution in [1.82, 2.24) is 0 Å². The van der Waals surface area contributed by atoms with Crippen LogP contribution < -0.4 is 56.6 Å². The van der Waals surface area contributed by atoms with E-state index in [9.17, 15) is 52.7 Å². The second kappa shape index (κ2) is 18.2. The van der Waals surface area contributed by atoms with Crippen LogP contribution >= 0.6 is 15.8 Å². The van der Waals surface area contributed by atoms with Crippen LogP contribution in [-0.4, -0.2) is 0 Å². The minimum atomic E-state index is -5.81.